The highest BCUT2D eigenvalue weighted by Crippen LogP contribution is 2.48. The zero-order valence-electron chi connectivity index (χ0n) is 8.90. The fraction of sp³-hybridized carbons (Fsp3) is 0.333. The van der Waals surface area contributed by atoms with Gasteiger partial charge in [0.05, 0.1) is 11.8 Å². The van der Waals surface area contributed by atoms with E-state index in [0.717, 1.165) is 0 Å². The molecule has 0 heterocycles. The molecule has 1 aromatic rings. The number of carbonyl (C=O) groups excluding carboxylic acids is 2. The van der Waals surface area contributed by atoms with E-state index in [4.69, 9.17) is 0 Å². The van der Waals surface area contributed by atoms with Crippen molar-refractivity contribution in [3.8, 4) is 0 Å². The number of fused-ring (bicyclic) bond motifs is 2. The van der Waals surface area contributed by atoms with Gasteiger partial charge in [-0.05, 0) is 12.8 Å². The number of ketones is 2. The standard InChI is InChI=1S/C12H6F4O2/c13-7-5-3-1-2-4(12(18)11(3)17)6(5)8(14)10(16)9(7)15/h3-4H,1-2H2. The van der Waals surface area contributed by atoms with E-state index in [1.54, 1.807) is 0 Å². The van der Waals surface area contributed by atoms with Crippen LogP contribution in [-0.4, -0.2) is 11.6 Å². The lowest BCUT2D eigenvalue weighted by atomic mass is 9.65. The molecule has 3 aliphatic carbocycles. The zero-order valence-corrected chi connectivity index (χ0v) is 8.90. The molecular formula is C12H6F4O2. The Hall–Kier alpha value is -1.72. The number of rotatable bonds is 0. The van der Waals surface area contributed by atoms with Gasteiger partial charge in [0.1, 0.15) is 0 Å². The summed E-state index contributed by atoms with van der Waals surface area (Å²) in [6, 6.07) is 0. The van der Waals surface area contributed by atoms with E-state index in [9.17, 15) is 27.2 Å². The molecule has 4 rings (SSSR count). The molecule has 0 amide bonds. The summed E-state index contributed by atoms with van der Waals surface area (Å²) in [6.45, 7) is 0. The predicted octanol–water partition coefficient (Wildman–Crippen LogP) is 2.36. The Kier molecular flexibility index (Phi) is 2.15. The Bertz CT molecular complexity index is 556. The third-order valence-electron chi connectivity index (χ3n) is 3.66. The van der Waals surface area contributed by atoms with Crippen molar-refractivity contribution in [2.75, 3.05) is 0 Å². The monoisotopic (exact) mass is 258 g/mol. The predicted molar refractivity (Wildman–Crippen MR) is 51.0 cm³/mol. The topological polar surface area (TPSA) is 34.1 Å². The van der Waals surface area contributed by atoms with Gasteiger partial charge >= 0.3 is 0 Å². The fourth-order valence-electron chi connectivity index (χ4n) is 2.84. The van der Waals surface area contributed by atoms with E-state index in [0.29, 0.717) is 0 Å². The molecule has 1 saturated carbocycles. The molecule has 0 aliphatic heterocycles. The van der Waals surface area contributed by atoms with Crippen molar-refractivity contribution < 1.29 is 27.2 Å². The largest absolute Gasteiger partial charge is 0.290 e. The summed E-state index contributed by atoms with van der Waals surface area (Å²) in [7, 11) is 0. The Morgan fingerprint density at radius 1 is 0.667 bits per heavy atom. The third kappa shape index (κ3) is 1.13. The first kappa shape index (κ1) is 11.4. The smallest absolute Gasteiger partial charge is 0.206 e. The van der Waals surface area contributed by atoms with Crippen LogP contribution < -0.4 is 0 Å². The molecule has 94 valence electrons. The first-order chi connectivity index (χ1) is 8.45. The molecule has 0 radical (unpaired) electrons. The molecule has 1 fully saturated rings. The van der Waals surface area contributed by atoms with Crippen molar-refractivity contribution in [2.45, 2.75) is 24.7 Å². The Morgan fingerprint density at radius 2 is 1.00 bits per heavy atom. The van der Waals surface area contributed by atoms with Gasteiger partial charge in [-0.3, -0.25) is 9.59 Å². The highest BCUT2D eigenvalue weighted by Gasteiger charge is 2.49. The average Bonchev–Trinajstić information content (AvgIpc) is 2.38. The van der Waals surface area contributed by atoms with Crippen LogP contribution in [-0.2, 0) is 9.59 Å². The molecule has 0 saturated heterocycles. The maximum Gasteiger partial charge on any atom is 0.206 e. The molecule has 2 nitrogen and oxygen atoms in total. The van der Waals surface area contributed by atoms with Crippen LogP contribution >= 0.6 is 0 Å². The highest BCUT2D eigenvalue weighted by atomic mass is 19.2. The van der Waals surface area contributed by atoms with Crippen LogP contribution in [0.3, 0.4) is 0 Å². The minimum atomic E-state index is -1.93. The average molecular weight is 258 g/mol. The number of hydrogen-bond donors (Lipinski definition) is 0. The van der Waals surface area contributed by atoms with Crippen LogP contribution in [0.5, 0.6) is 0 Å². The zero-order chi connectivity index (χ0) is 13.2. The molecule has 2 atom stereocenters. The second-order valence-electron chi connectivity index (χ2n) is 4.49. The van der Waals surface area contributed by atoms with Crippen LogP contribution in [0.1, 0.15) is 35.8 Å². The fourth-order valence-corrected chi connectivity index (χ4v) is 2.84. The molecule has 3 aliphatic rings. The number of hydrogen-bond acceptors (Lipinski definition) is 2. The van der Waals surface area contributed by atoms with Crippen LogP contribution in [0.4, 0.5) is 17.6 Å². The number of carbonyl (C=O) groups is 2. The lowest BCUT2D eigenvalue weighted by Crippen LogP contribution is -2.41. The second-order valence-corrected chi connectivity index (χ2v) is 4.49. The summed E-state index contributed by atoms with van der Waals surface area (Å²) in [5.41, 5.74) is -0.959. The first-order valence-electron chi connectivity index (χ1n) is 5.39. The minimum absolute atomic E-state index is 0.156. The SMILES string of the molecule is O=C1C(=O)C2CCC1c1c(F)c(F)c(F)c(F)c12. The molecule has 6 heteroatoms. The summed E-state index contributed by atoms with van der Waals surface area (Å²) in [5.74, 6) is -11.0. The van der Waals surface area contributed by atoms with Crippen molar-refractivity contribution in [3.05, 3.63) is 34.4 Å². The number of Topliss-reactive ketones (excluding diaryl/α,β-unsaturated/α-hetero) is 2. The van der Waals surface area contributed by atoms with E-state index >= 15 is 0 Å². The molecule has 0 aromatic heterocycles. The highest BCUT2D eigenvalue weighted by molar-refractivity contribution is 6.43. The number of halogens is 4. The van der Waals surface area contributed by atoms with Gasteiger partial charge in [-0.25, -0.2) is 17.6 Å². The van der Waals surface area contributed by atoms with Crippen molar-refractivity contribution in [2.24, 2.45) is 0 Å². The van der Waals surface area contributed by atoms with E-state index in [2.05, 4.69) is 0 Å². The van der Waals surface area contributed by atoms with Gasteiger partial charge in [0, 0.05) is 11.1 Å². The van der Waals surface area contributed by atoms with Crippen molar-refractivity contribution in [3.63, 3.8) is 0 Å². The summed E-state index contributed by atoms with van der Waals surface area (Å²) in [5, 5.41) is 0. The van der Waals surface area contributed by atoms with Gasteiger partial charge in [-0.2, -0.15) is 0 Å². The molecule has 2 bridgehead atoms. The van der Waals surface area contributed by atoms with Crippen molar-refractivity contribution >= 4 is 11.6 Å². The molecule has 18 heavy (non-hydrogen) atoms. The lowest BCUT2D eigenvalue weighted by molar-refractivity contribution is -0.141. The quantitative estimate of drug-likeness (QED) is 0.310. The van der Waals surface area contributed by atoms with Gasteiger partial charge in [-0.1, -0.05) is 0 Å². The van der Waals surface area contributed by atoms with Crippen LogP contribution in [0, 0.1) is 23.3 Å². The molecular weight excluding hydrogens is 252 g/mol. The minimum Gasteiger partial charge on any atom is -0.290 e. The van der Waals surface area contributed by atoms with E-state index in [-0.39, 0.29) is 12.8 Å². The van der Waals surface area contributed by atoms with Crippen LogP contribution in [0.25, 0.3) is 0 Å². The molecule has 0 spiro atoms. The van der Waals surface area contributed by atoms with E-state index < -0.39 is 57.8 Å². The maximum absolute atomic E-state index is 13.6. The Balaban J connectivity index is 2.40. The van der Waals surface area contributed by atoms with E-state index in [1.165, 1.54) is 0 Å². The normalized spacial score (nSPS) is 25.6. The van der Waals surface area contributed by atoms with Gasteiger partial charge < -0.3 is 0 Å². The van der Waals surface area contributed by atoms with Gasteiger partial charge in [0.25, 0.3) is 0 Å². The second kappa shape index (κ2) is 3.40. The Labute approximate surface area is 98.6 Å². The van der Waals surface area contributed by atoms with Gasteiger partial charge in [0.15, 0.2) is 23.3 Å². The summed E-state index contributed by atoms with van der Waals surface area (Å²) < 4.78 is 53.6. The van der Waals surface area contributed by atoms with Crippen molar-refractivity contribution in [1.82, 2.24) is 0 Å². The third-order valence-corrected chi connectivity index (χ3v) is 3.66. The first-order valence-corrected chi connectivity index (χ1v) is 5.39. The van der Waals surface area contributed by atoms with Crippen molar-refractivity contribution in [1.29, 1.82) is 0 Å². The molecule has 0 N–H and O–H groups in total. The summed E-state index contributed by atoms with van der Waals surface area (Å²) in [4.78, 5) is 23.1. The lowest BCUT2D eigenvalue weighted by Gasteiger charge is -2.36. The molecule has 2 unspecified atom stereocenters. The molecule has 1 aromatic carbocycles. The van der Waals surface area contributed by atoms with Crippen LogP contribution in [0.15, 0.2) is 0 Å². The summed E-state index contributed by atoms with van der Waals surface area (Å²) >= 11 is 0. The van der Waals surface area contributed by atoms with E-state index in [1.807, 2.05) is 0 Å². The van der Waals surface area contributed by atoms with Crippen LogP contribution in [0.2, 0.25) is 0 Å². The summed E-state index contributed by atoms with van der Waals surface area (Å²) in [6.07, 6.45) is 0.313. The van der Waals surface area contributed by atoms with Gasteiger partial charge in [0.2, 0.25) is 11.6 Å². The number of benzene rings is 1. The Morgan fingerprint density at radius 3 is 1.33 bits per heavy atom. The van der Waals surface area contributed by atoms with Gasteiger partial charge in [-0.15, -0.1) is 0 Å². The maximum atomic E-state index is 13.6.